The standard InChI is InChI=1S/C23H26ClF3N4O3/c1-3-15(14-6-7-17(28-11-14)23(25,26)27)29-21(32)18-16-12-34-10-9-31(16)20(19(18)24)22(33)30-8-4-5-13(30)2/h6-7,11,13,15H,3-5,8-10,12H2,1-2H3,(H,29,32)/t13-,15+/m0/s1. The fraction of sp³-hybridized carbons (Fsp3) is 0.522. The van der Waals surface area contributed by atoms with Crippen LogP contribution in [-0.2, 0) is 24.1 Å². The summed E-state index contributed by atoms with van der Waals surface area (Å²) in [6.07, 6.45) is -1.19. The maximum atomic E-state index is 13.3. The van der Waals surface area contributed by atoms with Crippen LogP contribution in [0.3, 0.4) is 0 Å². The van der Waals surface area contributed by atoms with E-state index in [1.54, 1.807) is 16.4 Å². The molecule has 2 atom stereocenters. The lowest BCUT2D eigenvalue weighted by molar-refractivity contribution is -0.141. The number of ether oxygens (including phenoxy) is 1. The number of pyridine rings is 1. The summed E-state index contributed by atoms with van der Waals surface area (Å²) in [5.41, 5.74) is 0.396. The Morgan fingerprint density at radius 1 is 1.32 bits per heavy atom. The maximum Gasteiger partial charge on any atom is 0.433 e. The SMILES string of the molecule is CC[C@@H](NC(=O)c1c(Cl)c(C(=O)N2CCC[C@@H]2C)n2c1COCC2)c1ccc(C(F)(F)F)nc1. The second-order valence-electron chi connectivity index (χ2n) is 8.59. The van der Waals surface area contributed by atoms with E-state index in [1.165, 1.54) is 6.07 Å². The molecule has 0 radical (unpaired) electrons. The van der Waals surface area contributed by atoms with Crippen molar-refractivity contribution >= 4 is 23.4 Å². The van der Waals surface area contributed by atoms with E-state index in [2.05, 4.69) is 10.3 Å². The Labute approximate surface area is 200 Å². The van der Waals surface area contributed by atoms with Crippen molar-refractivity contribution in [1.29, 1.82) is 0 Å². The summed E-state index contributed by atoms with van der Waals surface area (Å²) in [6.45, 7) is 5.33. The van der Waals surface area contributed by atoms with E-state index in [4.69, 9.17) is 16.3 Å². The molecule has 34 heavy (non-hydrogen) atoms. The number of aromatic nitrogens is 2. The smallest absolute Gasteiger partial charge is 0.373 e. The molecule has 0 aromatic carbocycles. The van der Waals surface area contributed by atoms with Crippen molar-refractivity contribution in [3.8, 4) is 0 Å². The van der Waals surface area contributed by atoms with Gasteiger partial charge in [0.1, 0.15) is 11.4 Å². The molecule has 0 aliphatic carbocycles. The summed E-state index contributed by atoms with van der Waals surface area (Å²) < 4.78 is 45.9. The number of halogens is 4. The van der Waals surface area contributed by atoms with Crippen LogP contribution in [0, 0.1) is 0 Å². The molecule has 2 aliphatic heterocycles. The van der Waals surface area contributed by atoms with Crippen molar-refractivity contribution in [1.82, 2.24) is 19.8 Å². The van der Waals surface area contributed by atoms with Crippen LogP contribution in [0.5, 0.6) is 0 Å². The highest BCUT2D eigenvalue weighted by molar-refractivity contribution is 6.37. The molecule has 2 aromatic rings. The number of likely N-dealkylation sites (tertiary alicyclic amines) is 1. The number of nitrogens with zero attached hydrogens (tertiary/aromatic N) is 3. The Hall–Kier alpha value is -2.59. The number of rotatable bonds is 5. The fourth-order valence-electron chi connectivity index (χ4n) is 4.60. The molecule has 2 aromatic heterocycles. The van der Waals surface area contributed by atoms with Crippen molar-refractivity contribution in [3.05, 3.63) is 51.6 Å². The van der Waals surface area contributed by atoms with Crippen LogP contribution in [0.4, 0.5) is 13.2 Å². The molecule has 1 saturated heterocycles. The van der Waals surface area contributed by atoms with Gasteiger partial charge >= 0.3 is 6.18 Å². The quantitative estimate of drug-likeness (QED) is 0.654. The van der Waals surface area contributed by atoms with Gasteiger partial charge in [-0.05, 0) is 37.8 Å². The van der Waals surface area contributed by atoms with E-state index in [9.17, 15) is 22.8 Å². The first-order valence-electron chi connectivity index (χ1n) is 11.3. The second-order valence-corrected chi connectivity index (χ2v) is 8.97. The van der Waals surface area contributed by atoms with E-state index in [0.717, 1.165) is 25.1 Å². The lowest BCUT2D eigenvalue weighted by Gasteiger charge is -2.24. The van der Waals surface area contributed by atoms with Crippen molar-refractivity contribution in [2.45, 2.75) is 64.5 Å². The first-order chi connectivity index (χ1) is 16.1. The summed E-state index contributed by atoms with van der Waals surface area (Å²) in [5.74, 6) is -0.726. The van der Waals surface area contributed by atoms with Gasteiger partial charge in [-0.3, -0.25) is 14.6 Å². The van der Waals surface area contributed by atoms with Gasteiger partial charge < -0.3 is 19.5 Å². The van der Waals surface area contributed by atoms with E-state index in [0.29, 0.717) is 37.4 Å². The third-order valence-electron chi connectivity index (χ3n) is 6.45. The number of nitrogens with one attached hydrogen (secondary N) is 1. The van der Waals surface area contributed by atoms with E-state index in [1.807, 2.05) is 6.92 Å². The van der Waals surface area contributed by atoms with Crippen molar-refractivity contribution < 1.29 is 27.5 Å². The highest BCUT2D eigenvalue weighted by Gasteiger charge is 2.36. The van der Waals surface area contributed by atoms with E-state index >= 15 is 0 Å². The Bertz CT molecular complexity index is 1080. The molecule has 0 bridgehead atoms. The average molecular weight is 499 g/mol. The average Bonchev–Trinajstić information content (AvgIpc) is 3.36. The molecule has 11 heteroatoms. The molecule has 2 amide bonds. The Balaban J connectivity index is 1.64. The van der Waals surface area contributed by atoms with Crippen LogP contribution in [0.15, 0.2) is 18.3 Å². The third-order valence-corrected chi connectivity index (χ3v) is 6.81. The molecule has 2 aliphatic rings. The summed E-state index contributed by atoms with van der Waals surface area (Å²) in [7, 11) is 0. The predicted octanol–water partition coefficient (Wildman–Crippen LogP) is 4.59. The van der Waals surface area contributed by atoms with Crippen LogP contribution in [0.2, 0.25) is 5.02 Å². The number of fused-ring (bicyclic) bond motifs is 1. The van der Waals surface area contributed by atoms with Crippen LogP contribution >= 0.6 is 11.6 Å². The van der Waals surface area contributed by atoms with Gasteiger partial charge in [-0.15, -0.1) is 0 Å². The number of carbonyl (C=O) groups is 2. The molecule has 4 rings (SSSR count). The monoisotopic (exact) mass is 498 g/mol. The Morgan fingerprint density at radius 3 is 2.68 bits per heavy atom. The molecule has 0 spiro atoms. The minimum atomic E-state index is -4.54. The van der Waals surface area contributed by atoms with Gasteiger partial charge in [-0.1, -0.05) is 24.6 Å². The lowest BCUT2D eigenvalue weighted by atomic mass is 10.1. The summed E-state index contributed by atoms with van der Waals surface area (Å²) in [5, 5.41) is 2.91. The van der Waals surface area contributed by atoms with Crippen LogP contribution in [0.25, 0.3) is 0 Å². The zero-order valence-corrected chi connectivity index (χ0v) is 19.7. The van der Waals surface area contributed by atoms with Crippen LogP contribution in [0.1, 0.15) is 76.9 Å². The third kappa shape index (κ3) is 4.53. The minimum Gasteiger partial charge on any atom is -0.373 e. The van der Waals surface area contributed by atoms with Gasteiger partial charge in [-0.25, -0.2) is 0 Å². The molecule has 0 unspecified atom stereocenters. The van der Waals surface area contributed by atoms with Crippen molar-refractivity contribution in [2.24, 2.45) is 0 Å². The van der Waals surface area contributed by atoms with Gasteiger partial charge in [0.25, 0.3) is 11.8 Å². The topological polar surface area (TPSA) is 76.5 Å². The number of alkyl halides is 3. The molecule has 7 nitrogen and oxygen atoms in total. The van der Waals surface area contributed by atoms with Gasteiger partial charge in [0.15, 0.2) is 0 Å². The highest BCUT2D eigenvalue weighted by Crippen LogP contribution is 2.34. The van der Waals surface area contributed by atoms with Crippen molar-refractivity contribution in [2.75, 3.05) is 13.2 Å². The number of hydrogen-bond acceptors (Lipinski definition) is 4. The highest BCUT2D eigenvalue weighted by atomic mass is 35.5. The molecule has 1 fully saturated rings. The molecular formula is C23H26ClF3N4O3. The molecular weight excluding hydrogens is 473 g/mol. The lowest BCUT2D eigenvalue weighted by Crippen LogP contribution is -2.36. The number of hydrogen-bond donors (Lipinski definition) is 1. The summed E-state index contributed by atoms with van der Waals surface area (Å²) >= 11 is 6.66. The second kappa shape index (κ2) is 9.58. The summed E-state index contributed by atoms with van der Waals surface area (Å²) in [6, 6.07) is 1.69. The van der Waals surface area contributed by atoms with Gasteiger partial charge in [0.05, 0.1) is 35.5 Å². The van der Waals surface area contributed by atoms with Gasteiger partial charge in [-0.2, -0.15) is 13.2 Å². The first-order valence-corrected chi connectivity index (χ1v) is 11.6. The molecule has 1 N–H and O–H groups in total. The zero-order valence-electron chi connectivity index (χ0n) is 18.9. The Kier molecular flexibility index (Phi) is 6.91. The van der Waals surface area contributed by atoms with E-state index in [-0.39, 0.29) is 34.8 Å². The van der Waals surface area contributed by atoms with Crippen LogP contribution in [-0.4, -0.2) is 45.5 Å². The van der Waals surface area contributed by atoms with Gasteiger partial charge in [0.2, 0.25) is 0 Å². The molecule has 4 heterocycles. The largest absolute Gasteiger partial charge is 0.433 e. The predicted molar refractivity (Wildman–Crippen MR) is 119 cm³/mol. The fourth-order valence-corrected chi connectivity index (χ4v) is 4.97. The maximum absolute atomic E-state index is 13.3. The summed E-state index contributed by atoms with van der Waals surface area (Å²) in [4.78, 5) is 31.9. The van der Waals surface area contributed by atoms with E-state index < -0.39 is 23.8 Å². The molecule has 184 valence electrons. The first kappa shape index (κ1) is 24.5. The number of carbonyl (C=O) groups excluding carboxylic acids is 2. The Morgan fingerprint density at radius 2 is 2.09 bits per heavy atom. The van der Waals surface area contributed by atoms with Crippen molar-refractivity contribution in [3.63, 3.8) is 0 Å². The number of amides is 2. The normalized spacial score (nSPS) is 19.1. The van der Waals surface area contributed by atoms with Crippen LogP contribution < -0.4 is 5.32 Å². The zero-order chi connectivity index (χ0) is 24.6. The van der Waals surface area contributed by atoms with Gasteiger partial charge in [0, 0.05) is 25.3 Å². The minimum absolute atomic E-state index is 0.0718. The molecule has 0 saturated carbocycles.